The summed E-state index contributed by atoms with van der Waals surface area (Å²) in [5.41, 5.74) is 8.88. The van der Waals surface area contributed by atoms with Crippen LogP contribution in [0.1, 0.15) is 6.42 Å². The summed E-state index contributed by atoms with van der Waals surface area (Å²) >= 11 is 1.69. The third-order valence-electron chi connectivity index (χ3n) is 2.82. The second kappa shape index (κ2) is 4.35. The van der Waals surface area contributed by atoms with Gasteiger partial charge in [0.2, 0.25) is 0 Å². The van der Waals surface area contributed by atoms with E-state index >= 15 is 0 Å². The molecule has 3 aromatic heterocycles. The zero-order valence-electron chi connectivity index (χ0n) is 9.41. The largest absolute Gasteiger partial charge is 0.331 e. The first kappa shape index (κ1) is 10.6. The second-order valence-electron chi connectivity index (χ2n) is 3.98. The molecule has 0 saturated heterocycles. The van der Waals surface area contributed by atoms with E-state index in [4.69, 9.17) is 5.73 Å². The van der Waals surface area contributed by atoms with Crippen molar-refractivity contribution < 1.29 is 0 Å². The first-order valence-corrected chi connectivity index (χ1v) is 6.60. The van der Waals surface area contributed by atoms with Gasteiger partial charge in [0.15, 0.2) is 0 Å². The minimum Gasteiger partial charge on any atom is -0.331 e. The Bertz CT molecular complexity index is 606. The van der Waals surface area contributed by atoms with E-state index in [2.05, 4.69) is 38.8 Å². The fourth-order valence-corrected chi connectivity index (χ4v) is 2.58. The smallest absolute Gasteiger partial charge is 0.136 e. The van der Waals surface area contributed by atoms with Gasteiger partial charge in [-0.1, -0.05) is 0 Å². The van der Waals surface area contributed by atoms with Crippen LogP contribution in [0.4, 0.5) is 0 Å². The third kappa shape index (κ3) is 1.87. The van der Waals surface area contributed by atoms with Crippen molar-refractivity contribution in [2.24, 2.45) is 5.73 Å². The van der Waals surface area contributed by atoms with Gasteiger partial charge in [-0.2, -0.15) is 16.4 Å². The van der Waals surface area contributed by atoms with Crippen LogP contribution in [0.2, 0.25) is 0 Å². The molecule has 3 aromatic rings. The van der Waals surface area contributed by atoms with Gasteiger partial charge in [0, 0.05) is 35.9 Å². The average molecular weight is 246 g/mol. The van der Waals surface area contributed by atoms with E-state index in [1.54, 1.807) is 11.3 Å². The molecule has 2 N–H and O–H groups in total. The van der Waals surface area contributed by atoms with Gasteiger partial charge in [-0.25, -0.2) is 4.52 Å². The number of hydrogen-bond acceptors (Lipinski definition) is 3. The summed E-state index contributed by atoms with van der Waals surface area (Å²) in [6.07, 6.45) is 5.03. The fourth-order valence-electron chi connectivity index (χ4n) is 1.93. The lowest BCUT2D eigenvalue weighted by Gasteiger charge is -2.00. The minimum absolute atomic E-state index is 0.718. The molecular weight excluding hydrogens is 232 g/mol. The van der Waals surface area contributed by atoms with Crippen LogP contribution in [0.15, 0.2) is 35.3 Å². The summed E-state index contributed by atoms with van der Waals surface area (Å²) in [4.78, 5) is 0. The van der Waals surface area contributed by atoms with Crippen molar-refractivity contribution in [3.05, 3.63) is 35.3 Å². The molecule has 3 rings (SSSR count). The summed E-state index contributed by atoms with van der Waals surface area (Å²) in [5, 5.41) is 8.74. The Hall–Kier alpha value is -1.59. The highest BCUT2D eigenvalue weighted by atomic mass is 32.1. The number of fused-ring (bicyclic) bond motifs is 1. The Balaban J connectivity index is 1.99. The quantitative estimate of drug-likeness (QED) is 0.767. The zero-order valence-corrected chi connectivity index (χ0v) is 10.2. The molecule has 0 amide bonds. The highest BCUT2D eigenvalue weighted by molar-refractivity contribution is 7.08. The summed E-state index contributed by atoms with van der Waals surface area (Å²) < 4.78 is 4.11. The molecule has 0 radical (unpaired) electrons. The van der Waals surface area contributed by atoms with Crippen LogP contribution in [0, 0.1) is 0 Å². The summed E-state index contributed by atoms with van der Waals surface area (Å²) in [6, 6.07) is 4.22. The van der Waals surface area contributed by atoms with Gasteiger partial charge in [0.25, 0.3) is 0 Å². The average Bonchev–Trinajstić information content (AvgIpc) is 3.02. The van der Waals surface area contributed by atoms with E-state index < -0.39 is 0 Å². The number of nitrogens with zero attached hydrogens (tertiary/aromatic N) is 3. The van der Waals surface area contributed by atoms with Gasteiger partial charge in [0.05, 0.1) is 5.69 Å². The van der Waals surface area contributed by atoms with Crippen LogP contribution in [-0.2, 0) is 6.54 Å². The summed E-state index contributed by atoms with van der Waals surface area (Å²) in [5.74, 6) is 0. The van der Waals surface area contributed by atoms with E-state index in [-0.39, 0.29) is 0 Å². The molecule has 0 saturated carbocycles. The maximum absolute atomic E-state index is 5.54. The molecule has 3 heterocycles. The van der Waals surface area contributed by atoms with E-state index in [9.17, 15) is 0 Å². The zero-order chi connectivity index (χ0) is 11.7. The Morgan fingerprint density at radius 2 is 2.29 bits per heavy atom. The Morgan fingerprint density at radius 3 is 3.06 bits per heavy atom. The number of rotatable bonds is 4. The first-order valence-electron chi connectivity index (χ1n) is 5.65. The molecule has 5 heteroatoms. The molecule has 4 nitrogen and oxygen atoms in total. The number of aromatic nitrogens is 3. The third-order valence-corrected chi connectivity index (χ3v) is 3.50. The lowest BCUT2D eigenvalue weighted by Crippen LogP contribution is -2.04. The van der Waals surface area contributed by atoms with Crippen LogP contribution in [-0.4, -0.2) is 20.7 Å². The monoisotopic (exact) mass is 246 g/mol. The number of nitrogens with two attached hydrogens (primary N) is 1. The van der Waals surface area contributed by atoms with Crippen molar-refractivity contribution in [3.8, 4) is 11.3 Å². The standard InChI is InChI=1S/C12H14N4S/c13-3-1-4-15-5-6-16-12(15)8-11(14-16)10-2-7-17-9-10/h2,5-9H,1,3-4,13H2. The van der Waals surface area contributed by atoms with Crippen LogP contribution < -0.4 is 5.73 Å². The molecule has 17 heavy (non-hydrogen) atoms. The van der Waals surface area contributed by atoms with E-state index in [0.29, 0.717) is 0 Å². The van der Waals surface area contributed by atoms with Gasteiger partial charge in [-0.15, -0.1) is 0 Å². The van der Waals surface area contributed by atoms with E-state index in [1.807, 2.05) is 10.7 Å². The number of thiophene rings is 1. The van der Waals surface area contributed by atoms with Crippen molar-refractivity contribution in [1.82, 2.24) is 14.2 Å². The van der Waals surface area contributed by atoms with Crippen molar-refractivity contribution in [2.45, 2.75) is 13.0 Å². The second-order valence-corrected chi connectivity index (χ2v) is 4.76. The lowest BCUT2D eigenvalue weighted by atomic mass is 10.2. The highest BCUT2D eigenvalue weighted by Crippen LogP contribution is 2.22. The van der Waals surface area contributed by atoms with Crippen molar-refractivity contribution in [1.29, 1.82) is 0 Å². The predicted molar refractivity (Wildman–Crippen MR) is 70.2 cm³/mol. The van der Waals surface area contributed by atoms with Gasteiger partial charge >= 0.3 is 0 Å². The van der Waals surface area contributed by atoms with Crippen LogP contribution >= 0.6 is 11.3 Å². The lowest BCUT2D eigenvalue weighted by molar-refractivity contribution is 0.667. The van der Waals surface area contributed by atoms with Crippen LogP contribution in [0.25, 0.3) is 16.9 Å². The van der Waals surface area contributed by atoms with Crippen molar-refractivity contribution >= 4 is 17.0 Å². The first-order chi connectivity index (χ1) is 8.38. The molecule has 0 fully saturated rings. The topological polar surface area (TPSA) is 48.2 Å². The maximum Gasteiger partial charge on any atom is 0.136 e. The van der Waals surface area contributed by atoms with Crippen LogP contribution in [0.3, 0.4) is 0 Å². The number of aryl methyl sites for hydroxylation is 1. The molecule has 0 atom stereocenters. The van der Waals surface area contributed by atoms with Crippen LogP contribution in [0.5, 0.6) is 0 Å². The Labute approximate surface area is 103 Å². The maximum atomic E-state index is 5.54. The van der Waals surface area contributed by atoms with Crippen molar-refractivity contribution in [2.75, 3.05) is 6.54 Å². The van der Waals surface area contributed by atoms with E-state index in [1.165, 1.54) is 5.56 Å². The van der Waals surface area contributed by atoms with Gasteiger partial charge < -0.3 is 10.3 Å². The SMILES string of the molecule is NCCCn1ccn2nc(-c3ccsc3)cc12. The molecule has 88 valence electrons. The summed E-state index contributed by atoms with van der Waals surface area (Å²) in [6.45, 7) is 1.66. The molecule has 0 unspecified atom stereocenters. The predicted octanol–water partition coefficient (Wildman–Crippen LogP) is 2.21. The van der Waals surface area contributed by atoms with E-state index in [0.717, 1.165) is 30.9 Å². The van der Waals surface area contributed by atoms with Gasteiger partial charge in [0.1, 0.15) is 5.65 Å². The molecule has 0 bridgehead atoms. The highest BCUT2D eigenvalue weighted by Gasteiger charge is 2.07. The van der Waals surface area contributed by atoms with Gasteiger partial charge in [-0.05, 0) is 24.4 Å². The van der Waals surface area contributed by atoms with Crippen molar-refractivity contribution in [3.63, 3.8) is 0 Å². The van der Waals surface area contributed by atoms with Gasteiger partial charge in [-0.3, -0.25) is 0 Å². The molecule has 0 aromatic carbocycles. The Morgan fingerprint density at radius 1 is 1.35 bits per heavy atom. The number of hydrogen-bond donors (Lipinski definition) is 1. The molecule has 0 aliphatic rings. The Kier molecular flexibility index (Phi) is 2.70. The minimum atomic E-state index is 0.718. The molecular formula is C12H14N4S. The normalized spacial score (nSPS) is 11.4. The fraction of sp³-hybridized carbons (Fsp3) is 0.250. The molecule has 0 spiro atoms. The molecule has 0 aliphatic heterocycles. The summed E-state index contributed by atoms with van der Waals surface area (Å²) in [7, 11) is 0. The number of imidazole rings is 1. The molecule has 0 aliphatic carbocycles.